The van der Waals surface area contributed by atoms with Gasteiger partial charge in [0.15, 0.2) is 0 Å². The molecule has 5 heteroatoms. The van der Waals surface area contributed by atoms with Crippen LogP contribution < -0.4 is 10.5 Å². The number of unbranched alkanes of at least 4 members (excludes halogenated alkanes) is 1. The summed E-state index contributed by atoms with van der Waals surface area (Å²) >= 11 is 11.8. The molecule has 2 N–H and O–H groups in total. The van der Waals surface area contributed by atoms with Crippen molar-refractivity contribution in [2.24, 2.45) is 10.7 Å². The minimum atomic E-state index is 0.415. The van der Waals surface area contributed by atoms with Crippen molar-refractivity contribution in [1.82, 2.24) is 0 Å². The zero-order valence-corrected chi connectivity index (χ0v) is 13.9. The summed E-state index contributed by atoms with van der Waals surface area (Å²) < 4.78 is 5.62. The molecule has 0 unspecified atom stereocenters. The van der Waals surface area contributed by atoms with Gasteiger partial charge in [-0.25, -0.2) is 4.99 Å². The van der Waals surface area contributed by atoms with Crippen molar-refractivity contribution in [1.29, 1.82) is 0 Å². The molecule has 0 aliphatic carbocycles. The molecule has 0 amide bonds. The maximum absolute atomic E-state index is 6.02. The Morgan fingerprint density at radius 3 is 2.45 bits per heavy atom. The first-order valence-corrected chi connectivity index (χ1v) is 7.88. The lowest BCUT2D eigenvalue weighted by Crippen LogP contribution is -2.12. The van der Waals surface area contributed by atoms with Crippen LogP contribution in [0.25, 0.3) is 0 Å². The van der Waals surface area contributed by atoms with E-state index in [0.29, 0.717) is 21.6 Å². The zero-order chi connectivity index (χ0) is 15.9. The lowest BCUT2D eigenvalue weighted by Gasteiger charge is -2.06. The van der Waals surface area contributed by atoms with Crippen LogP contribution in [0.1, 0.15) is 25.3 Å². The van der Waals surface area contributed by atoms with Gasteiger partial charge in [-0.05, 0) is 48.9 Å². The first kappa shape index (κ1) is 16.7. The highest BCUT2D eigenvalue weighted by Gasteiger charge is 2.02. The third kappa shape index (κ3) is 4.65. The average Bonchev–Trinajstić information content (AvgIpc) is 2.52. The molecular weight excluding hydrogens is 319 g/mol. The van der Waals surface area contributed by atoms with E-state index in [1.165, 1.54) is 0 Å². The number of halogens is 2. The molecule has 0 spiro atoms. The highest BCUT2D eigenvalue weighted by atomic mass is 35.5. The molecule has 0 heterocycles. The third-order valence-corrected chi connectivity index (χ3v) is 3.81. The largest absolute Gasteiger partial charge is 0.494 e. The van der Waals surface area contributed by atoms with Crippen LogP contribution in [0.5, 0.6) is 5.75 Å². The molecule has 0 aliphatic rings. The molecule has 0 radical (unpaired) electrons. The van der Waals surface area contributed by atoms with Gasteiger partial charge >= 0.3 is 0 Å². The molecule has 22 heavy (non-hydrogen) atoms. The number of nitrogens with zero attached hydrogens (tertiary/aromatic N) is 1. The summed E-state index contributed by atoms with van der Waals surface area (Å²) in [6.45, 7) is 2.86. The van der Waals surface area contributed by atoms with E-state index in [-0.39, 0.29) is 0 Å². The van der Waals surface area contributed by atoms with Gasteiger partial charge in [-0.15, -0.1) is 0 Å². The molecule has 0 atom stereocenters. The summed E-state index contributed by atoms with van der Waals surface area (Å²) in [6, 6.07) is 12.7. The van der Waals surface area contributed by atoms with Crippen LogP contribution in [0.2, 0.25) is 10.0 Å². The van der Waals surface area contributed by atoms with Gasteiger partial charge < -0.3 is 10.5 Å². The quantitative estimate of drug-likeness (QED) is 0.447. The summed E-state index contributed by atoms with van der Waals surface area (Å²) in [4.78, 5) is 4.35. The zero-order valence-electron chi connectivity index (χ0n) is 12.4. The predicted octanol–water partition coefficient (Wildman–Crippen LogP) is 5.21. The number of amidine groups is 1. The third-order valence-electron chi connectivity index (χ3n) is 3.07. The van der Waals surface area contributed by atoms with Crippen LogP contribution in [0.4, 0.5) is 5.69 Å². The second-order valence-corrected chi connectivity index (χ2v) is 5.64. The normalized spacial score (nSPS) is 11.5. The summed E-state index contributed by atoms with van der Waals surface area (Å²) in [5.74, 6) is 1.25. The summed E-state index contributed by atoms with van der Waals surface area (Å²) in [7, 11) is 0. The minimum absolute atomic E-state index is 0.415. The Morgan fingerprint density at radius 1 is 1.09 bits per heavy atom. The topological polar surface area (TPSA) is 47.6 Å². The molecule has 0 saturated carbocycles. The van der Waals surface area contributed by atoms with Crippen LogP contribution >= 0.6 is 23.2 Å². The van der Waals surface area contributed by atoms with Crippen LogP contribution in [0, 0.1) is 0 Å². The van der Waals surface area contributed by atoms with Crippen molar-refractivity contribution in [3.05, 3.63) is 58.1 Å². The minimum Gasteiger partial charge on any atom is -0.494 e. The van der Waals surface area contributed by atoms with E-state index in [9.17, 15) is 0 Å². The van der Waals surface area contributed by atoms with Gasteiger partial charge in [0, 0.05) is 5.56 Å². The molecule has 2 rings (SSSR count). The highest BCUT2D eigenvalue weighted by molar-refractivity contribution is 6.42. The first-order valence-electron chi connectivity index (χ1n) is 7.12. The smallest absolute Gasteiger partial charge is 0.131 e. The lowest BCUT2D eigenvalue weighted by atomic mass is 10.2. The SMILES string of the molecule is CCCCOc1ccc(C(N)=Nc2ccc(Cl)c(Cl)c2)cc1. The van der Waals surface area contributed by atoms with Crippen LogP contribution in [0.3, 0.4) is 0 Å². The monoisotopic (exact) mass is 336 g/mol. The standard InChI is InChI=1S/C17H18Cl2N2O/c1-2-3-10-22-14-7-4-12(5-8-14)17(20)21-13-6-9-15(18)16(19)11-13/h4-9,11H,2-3,10H2,1H3,(H2,20,21). The van der Waals surface area contributed by atoms with E-state index in [2.05, 4.69) is 11.9 Å². The molecule has 3 nitrogen and oxygen atoms in total. The van der Waals surface area contributed by atoms with Crippen molar-refractivity contribution >= 4 is 34.7 Å². The summed E-state index contributed by atoms with van der Waals surface area (Å²) in [5, 5.41) is 0.947. The molecule has 0 saturated heterocycles. The lowest BCUT2D eigenvalue weighted by molar-refractivity contribution is 0.309. The van der Waals surface area contributed by atoms with Crippen LogP contribution in [-0.4, -0.2) is 12.4 Å². The van der Waals surface area contributed by atoms with Gasteiger partial charge in [0.2, 0.25) is 0 Å². The van der Waals surface area contributed by atoms with E-state index >= 15 is 0 Å². The second kappa shape index (κ2) is 8.06. The van der Waals surface area contributed by atoms with E-state index in [0.717, 1.165) is 30.8 Å². The fourth-order valence-electron chi connectivity index (χ4n) is 1.81. The Bertz CT molecular complexity index is 654. The molecule has 2 aromatic rings. The molecule has 0 bridgehead atoms. The molecule has 0 fully saturated rings. The second-order valence-electron chi connectivity index (χ2n) is 4.82. The fraction of sp³-hybridized carbons (Fsp3) is 0.235. The average molecular weight is 337 g/mol. The Balaban J connectivity index is 2.09. The molecule has 2 aromatic carbocycles. The predicted molar refractivity (Wildman–Crippen MR) is 93.7 cm³/mol. The number of ether oxygens (including phenoxy) is 1. The van der Waals surface area contributed by atoms with Gasteiger partial charge in [-0.2, -0.15) is 0 Å². The fourth-order valence-corrected chi connectivity index (χ4v) is 2.11. The van der Waals surface area contributed by atoms with Crippen LogP contribution in [0.15, 0.2) is 47.5 Å². The van der Waals surface area contributed by atoms with Gasteiger partial charge in [-0.1, -0.05) is 36.5 Å². The van der Waals surface area contributed by atoms with E-state index < -0.39 is 0 Å². The van der Waals surface area contributed by atoms with Gasteiger partial charge in [0.25, 0.3) is 0 Å². The van der Waals surface area contributed by atoms with Crippen LogP contribution in [-0.2, 0) is 0 Å². The van der Waals surface area contributed by atoms with E-state index in [4.69, 9.17) is 33.7 Å². The van der Waals surface area contributed by atoms with E-state index in [1.807, 2.05) is 24.3 Å². The maximum atomic E-state index is 6.02. The molecule has 0 aromatic heterocycles. The number of rotatable bonds is 6. The van der Waals surface area contributed by atoms with Crippen molar-refractivity contribution in [2.75, 3.05) is 6.61 Å². The van der Waals surface area contributed by atoms with Crippen molar-refractivity contribution in [3.8, 4) is 5.75 Å². The summed E-state index contributed by atoms with van der Waals surface area (Å²) in [6.07, 6.45) is 2.16. The van der Waals surface area contributed by atoms with E-state index in [1.54, 1.807) is 18.2 Å². The number of aliphatic imine (C=N–C) groups is 1. The Kier molecular flexibility index (Phi) is 6.10. The van der Waals surface area contributed by atoms with Crippen molar-refractivity contribution < 1.29 is 4.74 Å². The molecular formula is C17H18Cl2N2O. The Hall–Kier alpha value is -1.71. The summed E-state index contributed by atoms with van der Waals surface area (Å²) in [5.41, 5.74) is 7.51. The van der Waals surface area contributed by atoms with Crippen molar-refractivity contribution in [2.45, 2.75) is 19.8 Å². The van der Waals surface area contributed by atoms with Crippen molar-refractivity contribution in [3.63, 3.8) is 0 Å². The Labute approximate surface area is 140 Å². The number of hydrogen-bond acceptors (Lipinski definition) is 2. The highest BCUT2D eigenvalue weighted by Crippen LogP contribution is 2.26. The number of nitrogens with two attached hydrogens (primary N) is 1. The maximum Gasteiger partial charge on any atom is 0.131 e. The Morgan fingerprint density at radius 2 is 1.82 bits per heavy atom. The number of benzene rings is 2. The molecule has 0 aliphatic heterocycles. The number of hydrogen-bond donors (Lipinski definition) is 1. The van der Waals surface area contributed by atoms with Gasteiger partial charge in [0.05, 0.1) is 22.3 Å². The molecule has 116 valence electrons. The first-order chi connectivity index (χ1) is 10.6. The van der Waals surface area contributed by atoms with Gasteiger partial charge in [-0.3, -0.25) is 0 Å². The van der Waals surface area contributed by atoms with Gasteiger partial charge in [0.1, 0.15) is 11.6 Å².